The van der Waals surface area contributed by atoms with Gasteiger partial charge in [-0.2, -0.15) is 0 Å². The van der Waals surface area contributed by atoms with Gasteiger partial charge >= 0.3 is 0 Å². The predicted molar refractivity (Wildman–Crippen MR) is 54.0 cm³/mol. The fourth-order valence-electron chi connectivity index (χ4n) is 1.11. The van der Waals surface area contributed by atoms with E-state index in [2.05, 4.69) is 33.9 Å². The first-order valence-electron chi connectivity index (χ1n) is 4.04. The molecule has 66 valence electrons. The molecule has 2 N–H and O–H groups in total. The summed E-state index contributed by atoms with van der Waals surface area (Å²) in [6.45, 7) is 2.89. The van der Waals surface area contributed by atoms with Gasteiger partial charge < -0.3 is 5.73 Å². The first-order chi connectivity index (χ1) is 5.74. The second-order valence-corrected chi connectivity index (χ2v) is 3.83. The molecule has 0 saturated carbocycles. The Kier molecular flexibility index (Phi) is 3.69. The first kappa shape index (κ1) is 9.68. The average molecular weight is 229 g/mol. The molecule has 0 fully saturated rings. The Morgan fingerprint density at radius 1 is 1.58 bits per heavy atom. The third-order valence-corrected chi connectivity index (χ3v) is 2.33. The lowest BCUT2D eigenvalue weighted by molar-refractivity contribution is 0.687. The van der Waals surface area contributed by atoms with Crippen LogP contribution in [0, 0.1) is 0 Å². The van der Waals surface area contributed by atoms with Crippen molar-refractivity contribution in [3.05, 3.63) is 28.5 Å². The second-order valence-electron chi connectivity index (χ2n) is 2.91. The molecule has 0 aliphatic heterocycles. The average Bonchev–Trinajstić information content (AvgIpc) is 2.05. The first-order valence-corrected chi connectivity index (χ1v) is 4.84. The minimum atomic E-state index is 0.500. The van der Waals surface area contributed by atoms with Gasteiger partial charge in [-0.3, -0.25) is 4.98 Å². The van der Waals surface area contributed by atoms with E-state index in [4.69, 9.17) is 5.73 Å². The van der Waals surface area contributed by atoms with Gasteiger partial charge in [0.25, 0.3) is 0 Å². The van der Waals surface area contributed by atoms with Crippen LogP contribution in [-0.2, 0) is 0 Å². The maximum Gasteiger partial charge on any atom is 0.0410 e. The van der Waals surface area contributed by atoms with Crippen molar-refractivity contribution in [1.29, 1.82) is 0 Å². The van der Waals surface area contributed by atoms with Crippen molar-refractivity contribution in [2.24, 2.45) is 5.73 Å². The smallest absolute Gasteiger partial charge is 0.0410 e. The van der Waals surface area contributed by atoms with Crippen LogP contribution >= 0.6 is 15.9 Å². The topological polar surface area (TPSA) is 38.9 Å². The Hall–Kier alpha value is -0.410. The lowest BCUT2D eigenvalue weighted by Gasteiger charge is -2.09. The Morgan fingerprint density at radius 2 is 2.33 bits per heavy atom. The highest BCUT2D eigenvalue weighted by Gasteiger charge is 2.04. The van der Waals surface area contributed by atoms with Crippen molar-refractivity contribution in [3.8, 4) is 0 Å². The summed E-state index contributed by atoms with van der Waals surface area (Å²) in [7, 11) is 0. The van der Waals surface area contributed by atoms with E-state index in [1.807, 2.05) is 6.20 Å². The molecule has 0 aliphatic rings. The summed E-state index contributed by atoms with van der Waals surface area (Å²) in [5.74, 6) is 0.500. The number of rotatable bonds is 3. The van der Waals surface area contributed by atoms with Gasteiger partial charge in [-0.05, 0) is 46.4 Å². The standard InChI is InChI=1S/C9H13BrN2/c1-7(2-3-11)8-4-9(10)6-12-5-8/h4-7H,2-3,11H2,1H3. The zero-order chi connectivity index (χ0) is 8.97. The van der Waals surface area contributed by atoms with Gasteiger partial charge in [-0.15, -0.1) is 0 Å². The van der Waals surface area contributed by atoms with Gasteiger partial charge in [-0.1, -0.05) is 6.92 Å². The Bertz CT molecular complexity index is 250. The molecule has 1 heterocycles. The van der Waals surface area contributed by atoms with Crippen molar-refractivity contribution in [1.82, 2.24) is 4.98 Å². The lowest BCUT2D eigenvalue weighted by atomic mass is 10.00. The van der Waals surface area contributed by atoms with Crippen molar-refractivity contribution >= 4 is 15.9 Å². The molecule has 1 aromatic rings. The van der Waals surface area contributed by atoms with Gasteiger partial charge in [0.15, 0.2) is 0 Å². The molecular formula is C9H13BrN2. The van der Waals surface area contributed by atoms with Gasteiger partial charge in [0, 0.05) is 16.9 Å². The zero-order valence-corrected chi connectivity index (χ0v) is 8.71. The molecule has 0 saturated heterocycles. The van der Waals surface area contributed by atoms with Crippen LogP contribution in [0.1, 0.15) is 24.8 Å². The number of nitrogens with two attached hydrogens (primary N) is 1. The van der Waals surface area contributed by atoms with E-state index >= 15 is 0 Å². The van der Waals surface area contributed by atoms with Crippen LogP contribution < -0.4 is 5.73 Å². The molecule has 0 aliphatic carbocycles. The monoisotopic (exact) mass is 228 g/mol. The summed E-state index contributed by atoms with van der Waals surface area (Å²) in [5, 5.41) is 0. The normalized spacial score (nSPS) is 12.9. The Balaban J connectivity index is 2.73. The van der Waals surface area contributed by atoms with E-state index in [0.717, 1.165) is 17.4 Å². The third-order valence-electron chi connectivity index (χ3n) is 1.89. The number of pyridine rings is 1. The predicted octanol–water partition coefficient (Wildman–Crippen LogP) is 2.30. The number of nitrogens with zero attached hydrogens (tertiary/aromatic N) is 1. The minimum absolute atomic E-state index is 0.500. The number of hydrogen-bond donors (Lipinski definition) is 1. The van der Waals surface area contributed by atoms with Crippen LogP contribution in [-0.4, -0.2) is 11.5 Å². The van der Waals surface area contributed by atoms with Crippen LogP contribution in [0.5, 0.6) is 0 Å². The highest BCUT2D eigenvalue weighted by Crippen LogP contribution is 2.20. The summed E-state index contributed by atoms with van der Waals surface area (Å²) < 4.78 is 1.03. The fourth-order valence-corrected chi connectivity index (χ4v) is 1.50. The van der Waals surface area contributed by atoms with Gasteiger partial charge in [0.2, 0.25) is 0 Å². The fraction of sp³-hybridized carbons (Fsp3) is 0.444. The summed E-state index contributed by atoms with van der Waals surface area (Å²) >= 11 is 3.39. The van der Waals surface area contributed by atoms with Crippen LogP contribution in [0.15, 0.2) is 22.9 Å². The Labute approximate surface area is 81.3 Å². The number of aromatic nitrogens is 1. The van der Waals surface area contributed by atoms with Gasteiger partial charge in [0.1, 0.15) is 0 Å². The van der Waals surface area contributed by atoms with E-state index < -0.39 is 0 Å². The lowest BCUT2D eigenvalue weighted by Crippen LogP contribution is -2.04. The van der Waals surface area contributed by atoms with Gasteiger partial charge in [0.05, 0.1) is 0 Å². The van der Waals surface area contributed by atoms with Gasteiger partial charge in [-0.25, -0.2) is 0 Å². The van der Waals surface area contributed by atoms with Crippen molar-refractivity contribution in [3.63, 3.8) is 0 Å². The van der Waals surface area contributed by atoms with E-state index in [1.54, 1.807) is 6.20 Å². The molecule has 0 aromatic carbocycles. The second kappa shape index (κ2) is 4.58. The molecule has 1 atom stereocenters. The van der Waals surface area contributed by atoms with Crippen molar-refractivity contribution in [2.75, 3.05) is 6.54 Å². The number of halogens is 1. The quantitative estimate of drug-likeness (QED) is 0.863. The molecule has 12 heavy (non-hydrogen) atoms. The van der Waals surface area contributed by atoms with E-state index in [0.29, 0.717) is 5.92 Å². The minimum Gasteiger partial charge on any atom is -0.330 e. The molecule has 2 nitrogen and oxygen atoms in total. The molecular weight excluding hydrogens is 216 g/mol. The molecule has 0 radical (unpaired) electrons. The van der Waals surface area contributed by atoms with Crippen molar-refractivity contribution in [2.45, 2.75) is 19.3 Å². The van der Waals surface area contributed by atoms with E-state index in [9.17, 15) is 0 Å². The molecule has 1 rings (SSSR count). The van der Waals surface area contributed by atoms with E-state index in [-0.39, 0.29) is 0 Å². The van der Waals surface area contributed by atoms with Crippen LogP contribution in [0.4, 0.5) is 0 Å². The Morgan fingerprint density at radius 3 is 2.92 bits per heavy atom. The molecule has 3 heteroatoms. The highest BCUT2D eigenvalue weighted by atomic mass is 79.9. The largest absolute Gasteiger partial charge is 0.330 e. The third kappa shape index (κ3) is 2.57. The van der Waals surface area contributed by atoms with Crippen molar-refractivity contribution < 1.29 is 0 Å². The summed E-state index contributed by atoms with van der Waals surface area (Å²) in [5.41, 5.74) is 6.72. The SMILES string of the molecule is CC(CCN)c1cncc(Br)c1. The highest BCUT2D eigenvalue weighted by molar-refractivity contribution is 9.10. The molecule has 0 spiro atoms. The maximum atomic E-state index is 5.47. The van der Waals surface area contributed by atoms with Crippen LogP contribution in [0.2, 0.25) is 0 Å². The maximum absolute atomic E-state index is 5.47. The van der Waals surface area contributed by atoms with Crippen LogP contribution in [0.3, 0.4) is 0 Å². The number of hydrogen-bond acceptors (Lipinski definition) is 2. The summed E-state index contributed by atoms with van der Waals surface area (Å²) in [6, 6.07) is 2.09. The van der Waals surface area contributed by atoms with E-state index in [1.165, 1.54) is 5.56 Å². The summed E-state index contributed by atoms with van der Waals surface area (Å²) in [4.78, 5) is 4.10. The van der Waals surface area contributed by atoms with Crippen LogP contribution in [0.25, 0.3) is 0 Å². The molecule has 1 aromatic heterocycles. The molecule has 0 bridgehead atoms. The molecule has 0 amide bonds. The summed E-state index contributed by atoms with van der Waals surface area (Å²) in [6.07, 6.45) is 4.70. The molecule has 1 unspecified atom stereocenters. The zero-order valence-electron chi connectivity index (χ0n) is 7.13.